The van der Waals surface area contributed by atoms with Crippen LogP contribution in [-0.2, 0) is 4.84 Å². The molecule has 0 spiro atoms. The summed E-state index contributed by atoms with van der Waals surface area (Å²) in [6.07, 6.45) is 3.97. The number of oxime groups is 1. The van der Waals surface area contributed by atoms with Crippen LogP contribution >= 0.6 is 11.8 Å². The van der Waals surface area contributed by atoms with Crippen molar-refractivity contribution >= 4 is 17.5 Å². The summed E-state index contributed by atoms with van der Waals surface area (Å²) in [4.78, 5) is 4.74. The maximum atomic E-state index is 5.93. The monoisotopic (exact) mass is 337 g/mol. The van der Waals surface area contributed by atoms with Crippen molar-refractivity contribution in [2.75, 3.05) is 31.8 Å². The van der Waals surface area contributed by atoms with Crippen LogP contribution in [0, 0.1) is 13.8 Å². The highest BCUT2D eigenvalue weighted by Gasteiger charge is 2.07. The lowest BCUT2D eigenvalue weighted by atomic mass is 10.1. The summed E-state index contributed by atoms with van der Waals surface area (Å²) in [7, 11) is 1.56. The number of nitrogens with zero attached hydrogens (tertiary/aromatic N) is 1. The van der Waals surface area contributed by atoms with Crippen molar-refractivity contribution < 1.29 is 14.3 Å². The molecule has 1 aromatic carbocycles. The quantitative estimate of drug-likeness (QED) is 0.275. The zero-order valence-electron chi connectivity index (χ0n) is 14.7. The maximum absolute atomic E-state index is 5.93. The van der Waals surface area contributed by atoms with Gasteiger partial charge in [0, 0.05) is 11.5 Å². The molecular weight excluding hydrogens is 310 g/mol. The highest BCUT2D eigenvalue weighted by Crippen LogP contribution is 2.28. The van der Waals surface area contributed by atoms with Gasteiger partial charge in [-0.2, -0.15) is 11.8 Å². The van der Waals surface area contributed by atoms with Crippen LogP contribution in [0.4, 0.5) is 0 Å². The smallest absolute Gasteiger partial charge is 0.125 e. The maximum Gasteiger partial charge on any atom is 0.125 e. The van der Waals surface area contributed by atoms with Crippen molar-refractivity contribution in [3.05, 3.63) is 35.4 Å². The van der Waals surface area contributed by atoms with E-state index in [0.29, 0.717) is 13.2 Å². The van der Waals surface area contributed by atoms with Gasteiger partial charge in [0.15, 0.2) is 0 Å². The standard InChI is InChI=1S/C18H27NO3S/c1-6-7-8-21-17-11-14(2)18(15(3)12-17)22-9-10-23-13-16(4)19-20-5/h6-7,11-12H,8-10,13H2,1-5H3/b7-6+,19-16+. The summed E-state index contributed by atoms with van der Waals surface area (Å²) in [5, 5.41) is 3.89. The molecule has 0 heterocycles. The Bertz CT molecular complexity index is 518. The Kier molecular flexibility index (Phi) is 9.29. The highest BCUT2D eigenvalue weighted by atomic mass is 32.2. The Morgan fingerprint density at radius 3 is 2.52 bits per heavy atom. The Hall–Kier alpha value is -1.62. The molecule has 0 amide bonds. The molecule has 0 N–H and O–H groups in total. The van der Waals surface area contributed by atoms with Crippen LogP contribution in [0.15, 0.2) is 29.4 Å². The lowest BCUT2D eigenvalue weighted by Crippen LogP contribution is -2.06. The van der Waals surface area contributed by atoms with E-state index in [1.807, 2.05) is 52.0 Å². The summed E-state index contributed by atoms with van der Waals surface area (Å²) in [5.74, 6) is 3.60. The number of benzene rings is 1. The van der Waals surface area contributed by atoms with Gasteiger partial charge in [0.1, 0.15) is 25.2 Å². The van der Waals surface area contributed by atoms with Crippen LogP contribution in [0.2, 0.25) is 0 Å². The summed E-state index contributed by atoms with van der Waals surface area (Å²) >= 11 is 1.78. The molecule has 23 heavy (non-hydrogen) atoms. The molecule has 1 aromatic rings. The summed E-state index contributed by atoms with van der Waals surface area (Å²) in [6.45, 7) is 9.30. The van der Waals surface area contributed by atoms with Gasteiger partial charge in [0.05, 0.1) is 12.3 Å². The second-order valence-corrected chi connectivity index (χ2v) is 6.28. The number of thioether (sulfide) groups is 1. The molecule has 0 radical (unpaired) electrons. The normalized spacial score (nSPS) is 11.8. The van der Waals surface area contributed by atoms with E-state index in [1.54, 1.807) is 18.9 Å². The zero-order valence-corrected chi connectivity index (χ0v) is 15.5. The second-order valence-electron chi connectivity index (χ2n) is 5.18. The number of ether oxygens (including phenoxy) is 2. The van der Waals surface area contributed by atoms with Crippen molar-refractivity contribution in [2.24, 2.45) is 5.16 Å². The molecule has 0 atom stereocenters. The molecule has 4 nitrogen and oxygen atoms in total. The summed E-state index contributed by atoms with van der Waals surface area (Å²) < 4.78 is 11.6. The fourth-order valence-corrected chi connectivity index (χ4v) is 2.76. The molecule has 0 bridgehead atoms. The van der Waals surface area contributed by atoms with E-state index in [4.69, 9.17) is 14.3 Å². The van der Waals surface area contributed by atoms with Crippen LogP contribution in [-0.4, -0.2) is 37.5 Å². The van der Waals surface area contributed by atoms with Gasteiger partial charge in [0.2, 0.25) is 0 Å². The molecule has 5 heteroatoms. The molecular formula is C18H27NO3S. The molecule has 0 saturated carbocycles. The molecule has 0 unspecified atom stereocenters. The van der Waals surface area contributed by atoms with Gasteiger partial charge in [-0.05, 0) is 51.0 Å². The lowest BCUT2D eigenvalue weighted by molar-refractivity contribution is 0.213. The second kappa shape index (κ2) is 11.0. The number of rotatable bonds is 10. The first kappa shape index (κ1) is 19.4. The number of allylic oxidation sites excluding steroid dienone is 1. The predicted octanol–water partition coefficient (Wildman–Crippen LogP) is 4.39. The molecule has 0 saturated heterocycles. The Morgan fingerprint density at radius 2 is 1.91 bits per heavy atom. The number of hydrogen-bond donors (Lipinski definition) is 0. The fourth-order valence-electron chi connectivity index (χ4n) is 2.07. The first-order valence-corrected chi connectivity index (χ1v) is 8.86. The Morgan fingerprint density at radius 1 is 1.22 bits per heavy atom. The lowest BCUT2D eigenvalue weighted by Gasteiger charge is -2.14. The minimum atomic E-state index is 0.592. The van der Waals surface area contributed by atoms with Crippen LogP contribution in [0.3, 0.4) is 0 Å². The SMILES string of the molecule is C/C=C/COc1cc(C)c(OCCSC/C(C)=N/OC)c(C)c1. The van der Waals surface area contributed by atoms with Gasteiger partial charge in [-0.3, -0.25) is 0 Å². The zero-order chi connectivity index (χ0) is 17.1. The van der Waals surface area contributed by atoms with Gasteiger partial charge < -0.3 is 14.3 Å². The van der Waals surface area contributed by atoms with E-state index in [2.05, 4.69) is 5.16 Å². The van der Waals surface area contributed by atoms with Crippen molar-refractivity contribution in [1.82, 2.24) is 0 Å². The van der Waals surface area contributed by atoms with E-state index in [-0.39, 0.29) is 0 Å². The Balaban J connectivity index is 2.46. The van der Waals surface area contributed by atoms with Gasteiger partial charge in [-0.25, -0.2) is 0 Å². The molecule has 0 aliphatic carbocycles. The van der Waals surface area contributed by atoms with Crippen LogP contribution in [0.5, 0.6) is 11.5 Å². The van der Waals surface area contributed by atoms with Crippen molar-refractivity contribution in [1.29, 1.82) is 0 Å². The fraction of sp³-hybridized carbons (Fsp3) is 0.500. The van der Waals surface area contributed by atoms with Crippen molar-refractivity contribution in [2.45, 2.75) is 27.7 Å². The average molecular weight is 337 g/mol. The van der Waals surface area contributed by atoms with E-state index in [0.717, 1.165) is 39.8 Å². The van der Waals surface area contributed by atoms with Crippen LogP contribution < -0.4 is 9.47 Å². The molecule has 0 aromatic heterocycles. The minimum Gasteiger partial charge on any atom is -0.492 e. The average Bonchev–Trinajstić information content (AvgIpc) is 2.50. The summed E-state index contributed by atoms with van der Waals surface area (Å²) in [5.41, 5.74) is 3.18. The highest BCUT2D eigenvalue weighted by molar-refractivity contribution is 7.99. The van der Waals surface area contributed by atoms with Crippen LogP contribution in [0.25, 0.3) is 0 Å². The van der Waals surface area contributed by atoms with E-state index in [9.17, 15) is 0 Å². The molecule has 0 fully saturated rings. The van der Waals surface area contributed by atoms with Gasteiger partial charge in [-0.1, -0.05) is 17.3 Å². The van der Waals surface area contributed by atoms with E-state index >= 15 is 0 Å². The van der Waals surface area contributed by atoms with E-state index < -0.39 is 0 Å². The Labute approximate surface area is 143 Å². The number of hydrogen-bond acceptors (Lipinski definition) is 5. The first-order chi connectivity index (χ1) is 11.1. The van der Waals surface area contributed by atoms with Crippen LogP contribution in [0.1, 0.15) is 25.0 Å². The molecule has 0 aliphatic heterocycles. The minimum absolute atomic E-state index is 0.592. The topological polar surface area (TPSA) is 40.0 Å². The summed E-state index contributed by atoms with van der Waals surface area (Å²) in [6, 6.07) is 4.04. The predicted molar refractivity (Wildman–Crippen MR) is 99.2 cm³/mol. The third kappa shape index (κ3) is 7.46. The third-order valence-corrected chi connectivity index (χ3v) is 4.13. The van der Waals surface area contributed by atoms with Crippen molar-refractivity contribution in [3.8, 4) is 11.5 Å². The molecule has 128 valence electrons. The van der Waals surface area contributed by atoms with Crippen molar-refractivity contribution in [3.63, 3.8) is 0 Å². The first-order valence-electron chi connectivity index (χ1n) is 7.70. The van der Waals surface area contributed by atoms with Gasteiger partial charge in [0.25, 0.3) is 0 Å². The molecule has 0 aliphatic rings. The largest absolute Gasteiger partial charge is 0.492 e. The van der Waals surface area contributed by atoms with Gasteiger partial charge in [-0.15, -0.1) is 0 Å². The van der Waals surface area contributed by atoms with Gasteiger partial charge >= 0.3 is 0 Å². The third-order valence-electron chi connectivity index (χ3n) is 3.05. The number of aryl methyl sites for hydroxylation is 2. The van der Waals surface area contributed by atoms with E-state index in [1.165, 1.54) is 0 Å². The molecule has 1 rings (SSSR count).